The number of hydrogen-bond donors (Lipinski definition) is 2. The van der Waals surface area contributed by atoms with Crippen LogP contribution < -0.4 is 10.6 Å². The van der Waals surface area contributed by atoms with Crippen molar-refractivity contribution in [2.24, 2.45) is 4.99 Å². The first-order valence-corrected chi connectivity index (χ1v) is 10.0. The summed E-state index contributed by atoms with van der Waals surface area (Å²) in [6.45, 7) is 10.3. The van der Waals surface area contributed by atoms with E-state index in [0.717, 1.165) is 68.7 Å². The molecule has 0 aliphatic heterocycles. The first-order chi connectivity index (χ1) is 13.7. The molecule has 2 N–H and O–H groups in total. The summed E-state index contributed by atoms with van der Waals surface area (Å²) in [7, 11) is 0. The van der Waals surface area contributed by atoms with E-state index in [-0.39, 0.29) is 0 Å². The standard InChI is InChI=1S/C20H30N8/c1-4-19-26-24-15-27(19)14-12-23-20(21-5-2)22-11-8-13-28-16(3)25-17-9-6-7-10-18(17)28/h6-7,9-10,15H,4-5,8,11-14H2,1-3H3,(H2,21,22,23). The quantitative estimate of drug-likeness (QED) is 0.336. The van der Waals surface area contributed by atoms with E-state index < -0.39 is 0 Å². The Bertz CT molecular complexity index is 908. The number of aryl methyl sites for hydroxylation is 3. The number of aliphatic imine (C=N–C) groups is 1. The number of nitrogens with zero attached hydrogens (tertiary/aromatic N) is 6. The third kappa shape index (κ3) is 4.88. The van der Waals surface area contributed by atoms with Crippen molar-refractivity contribution in [2.75, 3.05) is 19.6 Å². The molecule has 0 aliphatic carbocycles. The van der Waals surface area contributed by atoms with Gasteiger partial charge in [0, 0.05) is 39.1 Å². The predicted octanol–water partition coefficient (Wildman–Crippen LogP) is 2.14. The van der Waals surface area contributed by atoms with Gasteiger partial charge in [0.2, 0.25) is 0 Å². The molecule has 0 spiro atoms. The molecule has 1 aromatic carbocycles. The molecule has 0 bridgehead atoms. The third-order valence-electron chi connectivity index (χ3n) is 4.66. The minimum atomic E-state index is 0.758. The highest BCUT2D eigenvalue weighted by Crippen LogP contribution is 2.15. The number of para-hydroxylation sites is 2. The smallest absolute Gasteiger partial charge is 0.191 e. The molecule has 28 heavy (non-hydrogen) atoms. The zero-order valence-electron chi connectivity index (χ0n) is 17.0. The Balaban J connectivity index is 1.50. The molecular weight excluding hydrogens is 352 g/mol. The summed E-state index contributed by atoms with van der Waals surface area (Å²) in [6.07, 6.45) is 3.63. The maximum atomic E-state index is 4.70. The number of benzene rings is 1. The summed E-state index contributed by atoms with van der Waals surface area (Å²) < 4.78 is 4.34. The number of nitrogens with one attached hydrogen (secondary N) is 2. The van der Waals surface area contributed by atoms with Crippen LogP contribution in [0, 0.1) is 6.92 Å². The normalized spacial score (nSPS) is 11.9. The second kappa shape index (κ2) is 9.87. The summed E-state index contributed by atoms with van der Waals surface area (Å²) in [5.74, 6) is 2.91. The number of aromatic nitrogens is 5. The fourth-order valence-corrected chi connectivity index (χ4v) is 3.27. The summed E-state index contributed by atoms with van der Waals surface area (Å²) in [6, 6.07) is 8.27. The molecule has 0 radical (unpaired) electrons. The van der Waals surface area contributed by atoms with Gasteiger partial charge in [0.1, 0.15) is 18.0 Å². The summed E-state index contributed by atoms with van der Waals surface area (Å²) in [5, 5.41) is 14.8. The Labute approximate surface area is 166 Å². The van der Waals surface area contributed by atoms with Crippen LogP contribution in [0.15, 0.2) is 35.6 Å². The van der Waals surface area contributed by atoms with E-state index in [9.17, 15) is 0 Å². The van der Waals surface area contributed by atoms with Crippen LogP contribution in [0.25, 0.3) is 11.0 Å². The maximum Gasteiger partial charge on any atom is 0.191 e. The molecule has 2 aromatic heterocycles. The average molecular weight is 383 g/mol. The number of guanidine groups is 1. The monoisotopic (exact) mass is 382 g/mol. The third-order valence-corrected chi connectivity index (χ3v) is 4.66. The van der Waals surface area contributed by atoms with E-state index in [1.807, 2.05) is 6.07 Å². The average Bonchev–Trinajstić information content (AvgIpc) is 3.28. The first kappa shape index (κ1) is 19.9. The van der Waals surface area contributed by atoms with Gasteiger partial charge in [0.25, 0.3) is 0 Å². The van der Waals surface area contributed by atoms with Crippen LogP contribution in [0.2, 0.25) is 0 Å². The van der Waals surface area contributed by atoms with Gasteiger partial charge < -0.3 is 19.8 Å². The van der Waals surface area contributed by atoms with Crippen LogP contribution in [-0.2, 0) is 19.5 Å². The highest BCUT2D eigenvalue weighted by Gasteiger charge is 2.06. The molecule has 0 saturated carbocycles. The first-order valence-electron chi connectivity index (χ1n) is 10.0. The lowest BCUT2D eigenvalue weighted by molar-refractivity contribution is 0.626. The second-order valence-electron chi connectivity index (χ2n) is 6.63. The van der Waals surface area contributed by atoms with Crippen molar-refractivity contribution in [2.45, 2.75) is 46.7 Å². The zero-order chi connectivity index (χ0) is 19.8. The van der Waals surface area contributed by atoms with Crippen LogP contribution in [-0.4, -0.2) is 49.9 Å². The van der Waals surface area contributed by atoms with Gasteiger partial charge in [0.15, 0.2) is 5.96 Å². The Kier molecular flexibility index (Phi) is 7.00. The molecule has 8 nitrogen and oxygen atoms in total. The van der Waals surface area contributed by atoms with Crippen molar-refractivity contribution in [3.8, 4) is 0 Å². The second-order valence-corrected chi connectivity index (χ2v) is 6.63. The molecule has 2 heterocycles. The topological polar surface area (TPSA) is 85.0 Å². The summed E-state index contributed by atoms with van der Waals surface area (Å²) >= 11 is 0. The summed E-state index contributed by atoms with van der Waals surface area (Å²) in [4.78, 5) is 9.33. The lowest BCUT2D eigenvalue weighted by Gasteiger charge is -2.12. The van der Waals surface area contributed by atoms with Crippen LogP contribution >= 0.6 is 0 Å². The lowest BCUT2D eigenvalue weighted by Crippen LogP contribution is -2.39. The van der Waals surface area contributed by atoms with Gasteiger partial charge in [0.05, 0.1) is 11.0 Å². The Morgan fingerprint density at radius 3 is 2.82 bits per heavy atom. The van der Waals surface area contributed by atoms with Crippen molar-refractivity contribution in [3.05, 3.63) is 42.2 Å². The Morgan fingerprint density at radius 2 is 2.00 bits per heavy atom. The molecule has 0 saturated heterocycles. The van der Waals surface area contributed by atoms with Gasteiger partial charge in [-0.3, -0.25) is 4.99 Å². The van der Waals surface area contributed by atoms with Crippen molar-refractivity contribution >= 4 is 17.0 Å². The molecule has 0 atom stereocenters. The molecule has 3 aromatic rings. The van der Waals surface area contributed by atoms with Gasteiger partial charge in [-0.1, -0.05) is 19.1 Å². The Morgan fingerprint density at radius 1 is 1.14 bits per heavy atom. The molecule has 150 valence electrons. The van der Waals surface area contributed by atoms with Crippen molar-refractivity contribution < 1.29 is 0 Å². The number of rotatable bonds is 9. The fourth-order valence-electron chi connectivity index (χ4n) is 3.27. The van der Waals surface area contributed by atoms with E-state index >= 15 is 0 Å². The molecule has 8 heteroatoms. The highest BCUT2D eigenvalue weighted by atomic mass is 15.3. The maximum absolute atomic E-state index is 4.70. The number of imidazole rings is 1. The van der Waals surface area contributed by atoms with Crippen LogP contribution in [0.3, 0.4) is 0 Å². The van der Waals surface area contributed by atoms with Crippen LogP contribution in [0.1, 0.15) is 31.9 Å². The molecular formula is C20H30N8. The van der Waals surface area contributed by atoms with E-state index in [4.69, 9.17) is 4.99 Å². The van der Waals surface area contributed by atoms with Gasteiger partial charge in [-0.15, -0.1) is 10.2 Å². The predicted molar refractivity (Wildman–Crippen MR) is 112 cm³/mol. The molecule has 0 amide bonds. The minimum Gasteiger partial charge on any atom is -0.357 e. The number of hydrogen-bond acceptors (Lipinski definition) is 4. The molecule has 0 unspecified atom stereocenters. The van der Waals surface area contributed by atoms with Crippen LogP contribution in [0.4, 0.5) is 0 Å². The van der Waals surface area contributed by atoms with Gasteiger partial charge in [-0.2, -0.15) is 0 Å². The molecule has 3 rings (SSSR count). The van der Waals surface area contributed by atoms with Crippen molar-refractivity contribution in [3.63, 3.8) is 0 Å². The highest BCUT2D eigenvalue weighted by molar-refractivity contribution is 5.79. The van der Waals surface area contributed by atoms with Crippen molar-refractivity contribution in [1.29, 1.82) is 0 Å². The number of fused-ring (bicyclic) bond motifs is 1. The van der Waals surface area contributed by atoms with E-state index in [2.05, 4.69) is 73.9 Å². The minimum absolute atomic E-state index is 0.758. The Hall–Kier alpha value is -2.90. The zero-order valence-corrected chi connectivity index (χ0v) is 17.0. The SMILES string of the molecule is CCNC(=NCCCn1c(C)nc2ccccc21)NCCn1cnnc1CC. The summed E-state index contributed by atoms with van der Waals surface area (Å²) in [5.41, 5.74) is 2.24. The fraction of sp³-hybridized carbons (Fsp3) is 0.500. The van der Waals surface area contributed by atoms with E-state index in [0.29, 0.717) is 0 Å². The van der Waals surface area contributed by atoms with E-state index in [1.165, 1.54) is 5.52 Å². The van der Waals surface area contributed by atoms with Crippen LogP contribution in [0.5, 0.6) is 0 Å². The van der Waals surface area contributed by atoms with Crippen molar-refractivity contribution in [1.82, 2.24) is 34.9 Å². The molecule has 0 aliphatic rings. The molecule has 0 fully saturated rings. The largest absolute Gasteiger partial charge is 0.357 e. The van der Waals surface area contributed by atoms with E-state index in [1.54, 1.807) is 6.33 Å². The van der Waals surface area contributed by atoms with Gasteiger partial charge in [-0.25, -0.2) is 4.98 Å². The van der Waals surface area contributed by atoms with Gasteiger partial charge >= 0.3 is 0 Å². The van der Waals surface area contributed by atoms with Gasteiger partial charge in [-0.05, 0) is 32.4 Å². The lowest BCUT2D eigenvalue weighted by atomic mass is 10.3.